The van der Waals surface area contributed by atoms with Crippen LogP contribution in [0.5, 0.6) is 0 Å². The Morgan fingerprint density at radius 2 is 2.00 bits per heavy atom. The molecular weight excluding hydrogens is 272 g/mol. The van der Waals surface area contributed by atoms with Gasteiger partial charge in [-0.3, -0.25) is 4.79 Å². The number of morpholine rings is 1. The van der Waals surface area contributed by atoms with Crippen LogP contribution < -0.4 is 0 Å². The van der Waals surface area contributed by atoms with Gasteiger partial charge >= 0.3 is 5.97 Å². The van der Waals surface area contributed by atoms with Gasteiger partial charge in [-0.15, -0.1) is 0 Å². The van der Waals surface area contributed by atoms with Gasteiger partial charge in [0.2, 0.25) is 0 Å². The highest BCUT2D eigenvalue weighted by molar-refractivity contribution is 6.00. The third-order valence-corrected chi connectivity index (χ3v) is 3.69. The zero-order valence-electron chi connectivity index (χ0n) is 12.8. The number of hydrogen-bond donors (Lipinski definition) is 1. The molecule has 0 aliphatic carbocycles. The summed E-state index contributed by atoms with van der Waals surface area (Å²) in [7, 11) is 1.36. The minimum Gasteiger partial charge on any atom is -0.465 e. The van der Waals surface area contributed by atoms with Crippen molar-refractivity contribution in [1.82, 2.24) is 9.88 Å². The number of methoxy groups -OCH3 is 1. The fourth-order valence-corrected chi connectivity index (χ4v) is 2.66. The first-order valence-electron chi connectivity index (χ1n) is 7.26. The average Bonchev–Trinajstić information content (AvgIpc) is 2.83. The number of H-pyrrole nitrogens is 1. The number of esters is 1. The summed E-state index contributed by atoms with van der Waals surface area (Å²) in [6, 6.07) is 0. The van der Waals surface area contributed by atoms with Crippen LogP contribution in [0.4, 0.5) is 0 Å². The Balaban J connectivity index is 2.38. The van der Waals surface area contributed by atoms with Gasteiger partial charge in [-0.25, -0.2) is 4.79 Å². The summed E-state index contributed by atoms with van der Waals surface area (Å²) in [5, 5.41) is 0. The van der Waals surface area contributed by atoms with Crippen molar-refractivity contribution in [3.63, 3.8) is 0 Å². The van der Waals surface area contributed by atoms with Crippen molar-refractivity contribution < 1.29 is 19.1 Å². The molecule has 0 bridgehead atoms. The van der Waals surface area contributed by atoms with E-state index in [-0.39, 0.29) is 5.91 Å². The summed E-state index contributed by atoms with van der Waals surface area (Å²) in [5.74, 6) is -0.465. The molecule has 1 amide bonds. The topological polar surface area (TPSA) is 71.6 Å². The zero-order chi connectivity index (χ0) is 15.4. The lowest BCUT2D eigenvalue weighted by molar-refractivity contribution is 0.0298. The van der Waals surface area contributed by atoms with Crippen LogP contribution in [0.25, 0.3) is 0 Å². The molecule has 2 rings (SSSR count). The Labute approximate surface area is 124 Å². The van der Waals surface area contributed by atoms with E-state index in [1.807, 2.05) is 6.92 Å². The van der Waals surface area contributed by atoms with Crippen molar-refractivity contribution in [2.75, 3.05) is 33.4 Å². The molecule has 1 aliphatic rings. The number of hydrogen-bond acceptors (Lipinski definition) is 4. The predicted octanol–water partition coefficient (Wildman–Crippen LogP) is 1.53. The second-order valence-electron chi connectivity index (χ2n) is 5.12. The first kappa shape index (κ1) is 15.6. The highest BCUT2D eigenvalue weighted by Gasteiger charge is 2.28. The van der Waals surface area contributed by atoms with Gasteiger partial charge in [-0.05, 0) is 18.9 Å². The number of aryl methyl sites for hydroxylation is 1. The SMILES string of the molecule is CCCc1c(C(=O)N2CCOCC2)[nH]c(C)c1C(=O)OC. The highest BCUT2D eigenvalue weighted by Crippen LogP contribution is 2.23. The lowest BCUT2D eigenvalue weighted by Gasteiger charge is -2.26. The fraction of sp³-hybridized carbons (Fsp3) is 0.600. The van der Waals surface area contributed by atoms with E-state index < -0.39 is 5.97 Å². The van der Waals surface area contributed by atoms with Crippen molar-refractivity contribution in [1.29, 1.82) is 0 Å². The molecule has 1 aliphatic heterocycles. The standard InChI is InChI=1S/C15H22N2O4/c1-4-5-11-12(15(19)20-3)10(2)16-13(11)14(18)17-6-8-21-9-7-17/h16H,4-9H2,1-3H3. The largest absolute Gasteiger partial charge is 0.465 e. The number of carbonyl (C=O) groups is 2. The molecule has 116 valence electrons. The van der Waals surface area contributed by atoms with E-state index in [1.54, 1.807) is 11.8 Å². The lowest BCUT2D eigenvalue weighted by Crippen LogP contribution is -2.41. The van der Waals surface area contributed by atoms with Gasteiger partial charge in [-0.1, -0.05) is 13.3 Å². The van der Waals surface area contributed by atoms with Gasteiger partial charge in [0.25, 0.3) is 5.91 Å². The van der Waals surface area contributed by atoms with E-state index in [2.05, 4.69) is 4.98 Å². The van der Waals surface area contributed by atoms with Crippen LogP contribution in [0.1, 0.15) is 45.4 Å². The Kier molecular flexibility index (Phi) is 5.01. The molecule has 1 saturated heterocycles. The average molecular weight is 294 g/mol. The summed E-state index contributed by atoms with van der Waals surface area (Å²) >= 11 is 0. The number of nitrogens with one attached hydrogen (secondary N) is 1. The van der Waals surface area contributed by atoms with Gasteiger partial charge in [0.1, 0.15) is 5.69 Å². The fourth-order valence-electron chi connectivity index (χ4n) is 2.66. The maximum absolute atomic E-state index is 12.7. The van der Waals surface area contributed by atoms with E-state index in [4.69, 9.17) is 9.47 Å². The minimum atomic E-state index is -0.395. The maximum Gasteiger partial charge on any atom is 0.339 e. The van der Waals surface area contributed by atoms with E-state index in [9.17, 15) is 9.59 Å². The number of rotatable bonds is 4. The molecule has 0 radical (unpaired) electrons. The van der Waals surface area contributed by atoms with Crippen LogP contribution in [0.2, 0.25) is 0 Å². The normalized spacial score (nSPS) is 15.1. The molecule has 21 heavy (non-hydrogen) atoms. The molecule has 0 saturated carbocycles. The summed E-state index contributed by atoms with van der Waals surface area (Å²) in [5.41, 5.74) is 2.45. The maximum atomic E-state index is 12.7. The number of amides is 1. The molecule has 1 aromatic rings. The van der Waals surface area contributed by atoms with Crippen molar-refractivity contribution in [3.05, 3.63) is 22.5 Å². The molecule has 0 atom stereocenters. The molecule has 1 aromatic heterocycles. The molecule has 6 nitrogen and oxygen atoms in total. The number of carbonyl (C=O) groups excluding carboxylic acids is 2. The lowest BCUT2D eigenvalue weighted by atomic mass is 10.0. The summed E-state index contributed by atoms with van der Waals surface area (Å²) in [6.45, 7) is 6.08. The van der Waals surface area contributed by atoms with Crippen LogP contribution in [0, 0.1) is 6.92 Å². The molecular formula is C15H22N2O4. The van der Waals surface area contributed by atoms with Gasteiger partial charge in [0.15, 0.2) is 0 Å². The molecule has 0 aromatic carbocycles. The van der Waals surface area contributed by atoms with Crippen molar-refractivity contribution >= 4 is 11.9 Å². The molecule has 1 N–H and O–H groups in total. The van der Waals surface area contributed by atoms with Crippen molar-refractivity contribution in [2.24, 2.45) is 0 Å². The van der Waals surface area contributed by atoms with Crippen LogP contribution >= 0.6 is 0 Å². The smallest absolute Gasteiger partial charge is 0.339 e. The van der Waals surface area contributed by atoms with Crippen LogP contribution in [0.15, 0.2) is 0 Å². The first-order chi connectivity index (χ1) is 10.1. The van der Waals surface area contributed by atoms with Crippen molar-refractivity contribution in [3.8, 4) is 0 Å². The first-order valence-corrected chi connectivity index (χ1v) is 7.26. The Morgan fingerprint density at radius 3 is 2.57 bits per heavy atom. The van der Waals surface area contributed by atoms with E-state index in [0.717, 1.165) is 12.0 Å². The van der Waals surface area contributed by atoms with Gasteiger partial charge in [0, 0.05) is 18.8 Å². The molecule has 1 fully saturated rings. The summed E-state index contributed by atoms with van der Waals surface area (Å²) in [4.78, 5) is 29.5. The van der Waals surface area contributed by atoms with Gasteiger partial charge in [0.05, 0.1) is 25.9 Å². The van der Waals surface area contributed by atoms with Gasteiger partial charge in [-0.2, -0.15) is 0 Å². The Morgan fingerprint density at radius 1 is 1.33 bits per heavy atom. The van der Waals surface area contributed by atoms with E-state index in [1.165, 1.54) is 7.11 Å². The Hall–Kier alpha value is -1.82. The second-order valence-corrected chi connectivity index (χ2v) is 5.12. The van der Waals surface area contributed by atoms with E-state index in [0.29, 0.717) is 49.7 Å². The number of aromatic amines is 1. The van der Waals surface area contributed by atoms with Crippen LogP contribution in [-0.2, 0) is 15.9 Å². The van der Waals surface area contributed by atoms with Crippen LogP contribution in [-0.4, -0.2) is 55.2 Å². The quantitative estimate of drug-likeness (QED) is 0.855. The second kappa shape index (κ2) is 6.76. The number of aromatic nitrogens is 1. The third-order valence-electron chi connectivity index (χ3n) is 3.69. The minimum absolute atomic E-state index is 0.0694. The zero-order valence-corrected chi connectivity index (χ0v) is 12.8. The van der Waals surface area contributed by atoms with Crippen LogP contribution in [0.3, 0.4) is 0 Å². The summed E-state index contributed by atoms with van der Waals surface area (Å²) < 4.78 is 10.1. The molecule has 0 spiro atoms. The summed E-state index contributed by atoms with van der Waals surface area (Å²) in [6.07, 6.45) is 1.52. The Bertz CT molecular complexity index is 530. The molecule has 0 unspecified atom stereocenters. The highest BCUT2D eigenvalue weighted by atomic mass is 16.5. The molecule has 2 heterocycles. The van der Waals surface area contributed by atoms with Crippen molar-refractivity contribution in [2.45, 2.75) is 26.7 Å². The number of nitrogens with zero attached hydrogens (tertiary/aromatic N) is 1. The molecule has 6 heteroatoms. The monoisotopic (exact) mass is 294 g/mol. The predicted molar refractivity (Wildman–Crippen MR) is 77.6 cm³/mol. The van der Waals surface area contributed by atoms with E-state index >= 15 is 0 Å². The van der Waals surface area contributed by atoms with Gasteiger partial charge < -0.3 is 19.4 Å². The third kappa shape index (κ3) is 3.10. The number of ether oxygens (including phenoxy) is 2.